The Bertz CT molecular complexity index is 717. The summed E-state index contributed by atoms with van der Waals surface area (Å²) in [5, 5.41) is 6.74. The second-order valence-corrected chi connectivity index (χ2v) is 7.46. The normalized spacial score (nSPS) is 16.2. The summed E-state index contributed by atoms with van der Waals surface area (Å²) < 4.78 is 1.25. The summed E-state index contributed by atoms with van der Waals surface area (Å²) in [5.74, 6) is 2.60. The van der Waals surface area contributed by atoms with Crippen LogP contribution >= 0.6 is 23.7 Å². The van der Waals surface area contributed by atoms with Gasteiger partial charge in [-0.15, -0.1) is 23.7 Å². The predicted octanol–water partition coefficient (Wildman–Crippen LogP) is 4.25. The zero-order valence-corrected chi connectivity index (χ0v) is 16.4. The number of hydrogen-bond acceptors (Lipinski definition) is 4. The largest absolute Gasteiger partial charge is 0.314 e. The maximum Gasteiger partial charge on any atom is 0.128 e. The van der Waals surface area contributed by atoms with Crippen LogP contribution in [0.2, 0.25) is 0 Å². The summed E-state index contributed by atoms with van der Waals surface area (Å²) in [6, 6.07) is 8.37. The lowest BCUT2D eigenvalue weighted by Crippen LogP contribution is -2.45. The third-order valence-corrected chi connectivity index (χ3v) is 5.85. The number of thiophene rings is 1. The number of rotatable bonds is 7. The van der Waals surface area contributed by atoms with E-state index in [9.17, 15) is 4.79 Å². The Labute approximate surface area is 160 Å². The van der Waals surface area contributed by atoms with Crippen molar-refractivity contribution in [2.24, 2.45) is 5.92 Å². The molecule has 1 N–H and O–H groups in total. The van der Waals surface area contributed by atoms with E-state index in [2.05, 4.69) is 52.7 Å². The molecule has 3 nitrogen and oxygen atoms in total. The molecule has 0 saturated carbocycles. The molecule has 0 bridgehead atoms. The Morgan fingerprint density at radius 2 is 2.08 bits per heavy atom. The third kappa shape index (κ3) is 4.93. The van der Waals surface area contributed by atoms with Crippen molar-refractivity contribution < 1.29 is 4.79 Å². The van der Waals surface area contributed by atoms with Gasteiger partial charge in [0.25, 0.3) is 0 Å². The van der Waals surface area contributed by atoms with Gasteiger partial charge in [0, 0.05) is 65.2 Å². The summed E-state index contributed by atoms with van der Waals surface area (Å²) >= 11 is 1.72. The lowest BCUT2D eigenvalue weighted by atomic mass is 9.88. The van der Waals surface area contributed by atoms with Crippen LogP contribution in [0.5, 0.6) is 0 Å². The molecular formula is C20H27ClN2OS. The van der Waals surface area contributed by atoms with Crippen molar-refractivity contribution in [3.63, 3.8) is 0 Å². The molecule has 2 aromatic rings. The van der Waals surface area contributed by atoms with Crippen LogP contribution in [0.3, 0.4) is 0 Å². The van der Waals surface area contributed by atoms with Gasteiger partial charge in [-0.3, -0.25) is 0 Å². The van der Waals surface area contributed by atoms with Gasteiger partial charge in [-0.25, -0.2) is 4.79 Å². The summed E-state index contributed by atoms with van der Waals surface area (Å²) in [4.78, 5) is 14.4. The fraction of sp³-hybridized carbons (Fsp3) is 0.500. The Morgan fingerprint density at radius 3 is 2.80 bits per heavy atom. The van der Waals surface area contributed by atoms with Gasteiger partial charge in [0.15, 0.2) is 0 Å². The fourth-order valence-corrected chi connectivity index (χ4v) is 4.49. The first-order valence-electron chi connectivity index (χ1n) is 8.98. The van der Waals surface area contributed by atoms with Crippen LogP contribution in [0.4, 0.5) is 0 Å². The molecule has 1 aliphatic heterocycles. The Kier molecular flexibility index (Phi) is 8.14. The Balaban J connectivity index is 0.00000225. The molecular weight excluding hydrogens is 352 g/mol. The zero-order valence-electron chi connectivity index (χ0n) is 14.8. The number of fused-ring (bicyclic) bond motifs is 1. The van der Waals surface area contributed by atoms with Crippen LogP contribution in [-0.2, 0) is 4.79 Å². The first-order valence-corrected chi connectivity index (χ1v) is 9.86. The molecule has 5 heteroatoms. The summed E-state index contributed by atoms with van der Waals surface area (Å²) in [6.07, 6.45) is 3.38. The predicted molar refractivity (Wildman–Crippen MR) is 110 cm³/mol. The summed E-state index contributed by atoms with van der Waals surface area (Å²) in [6.45, 7) is 7.41. The van der Waals surface area contributed by atoms with Gasteiger partial charge < -0.3 is 10.2 Å². The lowest BCUT2D eigenvalue weighted by Gasteiger charge is -2.31. The highest BCUT2D eigenvalue weighted by molar-refractivity contribution is 7.17. The fourth-order valence-electron chi connectivity index (χ4n) is 3.53. The van der Waals surface area contributed by atoms with Crippen molar-refractivity contribution in [2.75, 3.05) is 32.7 Å². The number of benzene rings is 1. The van der Waals surface area contributed by atoms with E-state index in [0.29, 0.717) is 0 Å². The number of carbonyl (C=O) groups excluding carboxylic acids is 1. The molecule has 136 valence electrons. The van der Waals surface area contributed by atoms with E-state index < -0.39 is 0 Å². The maximum atomic E-state index is 11.9. The quantitative estimate of drug-likeness (QED) is 0.731. The molecule has 1 aliphatic rings. The third-order valence-electron chi connectivity index (χ3n) is 4.88. The van der Waals surface area contributed by atoms with E-state index >= 15 is 0 Å². The second-order valence-electron chi connectivity index (χ2n) is 6.55. The van der Waals surface area contributed by atoms with Gasteiger partial charge in [0.2, 0.25) is 0 Å². The minimum absolute atomic E-state index is 0. The van der Waals surface area contributed by atoms with Crippen LogP contribution in [0, 0.1) is 5.92 Å². The van der Waals surface area contributed by atoms with Crippen molar-refractivity contribution >= 4 is 45.3 Å². The van der Waals surface area contributed by atoms with E-state index in [1.807, 2.05) is 0 Å². The van der Waals surface area contributed by atoms with Crippen LogP contribution < -0.4 is 5.32 Å². The van der Waals surface area contributed by atoms with E-state index in [1.165, 1.54) is 10.1 Å². The minimum Gasteiger partial charge on any atom is -0.314 e. The van der Waals surface area contributed by atoms with E-state index in [1.54, 1.807) is 11.3 Å². The number of nitrogens with zero attached hydrogens (tertiary/aromatic N) is 1. The summed E-state index contributed by atoms with van der Waals surface area (Å²) in [7, 11) is 0. The molecule has 0 radical (unpaired) electrons. The molecule has 3 rings (SSSR count). The summed E-state index contributed by atoms with van der Waals surface area (Å²) in [5.41, 5.74) is 1.97. The van der Waals surface area contributed by atoms with Crippen LogP contribution in [0.25, 0.3) is 15.7 Å². The SMILES string of the molecule is CCCCC(CN1CCNCC1)C(=C=O)c1csc2ccccc12.Cl. The average Bonchev–Trinajstić information content (AvgIpc) is 3.05. The molecule has 1 saturated heterocycles. The number of piperazine rings is 1. The molecule has 2 heterocycles. The van der Waals surface area contributed by atoms with E-state index in [-0.39, 0.29) is 18.3 Å². The van der Waals surface area contributed by atoms with Crippen molar-refractivity contribution in [3.05, 3.63) is 35.2 Å². The average molecular weight is 379 g/mol. The van der Waals surface area contributed by atoms with Crippen LogP contribution in [0.1, 0.15) is 31.7 Å². The van der Waals surface area contributed by atoms with Crippen LogP contribution in [-0.4, -0.2) is 43.6 Å². The van der Waals surface area contributed by atoms with Crippen molar-refractivity contribution in [1.82, 2.24) is 10.2 Å². The first kappa shape index (κ1) is 20.2. The van der Waals surface area contributed by atoms with Gasteiger partial charge in [-0.1, -0.05) is 38.0 Å². The maximum absolute atomic E-state index is 11.9. The number of halogens is 1. The zero-order chi connectivity index (χ0) is 16.8. The Morgan fingerprint density at radius 1 is 1.32 bits per heavy atom. The van der Waals surface area contributed by atoms with Crippen LogP contribution in [0.15, 0.2) is 29.6 Å². The van der Waals surface area contributed by atoms with Gasteiger partial charge in [-0.05, 0) is 12.5 Å². The molecule has 25 heavy (non-hydrogen) atoms. The second kappa shape index (κ2) is 10.1. The Hall–Kier alpha value is -1.16. The van der Waals surface area contributed by atoms with Gasteiger partial charge >= 0.3 is 0 Å². The van der Waals surface area contributed by atoms with Crippen molar-refractivity contribution in [3.8, 4) is 0 Å². The lowest BCUT2D eigenvalue weighted by molar-refractivity contribution is 0.218. The molecule has 0 amide bonds. The highest BCUT2D eigenvalue weighted by atomic mass is 35.5. The number of nitrogens with one attached hydrogen (secondary N) is 1. The topological polar surface area (TPSA) is 32.3 Å². The molecule has 1 aromatic carbocycles. The van der Waals surface area contributed by atoms with Crippen molar-refractivity contribution in [2.45, 2.75) is 26.2 Å². The van der Waals surface area contributed by atoms with Gasteiger partial charge in [0.1, 0.15) is 5.94 Å². The van der Waals surface area contributed by atoms with E-state index in [4.69, 9.17) is 0 Å². The first-order chi connectivity index (χ1) is 11.8. The molecule has 0 aliphatic carbocycles. The molecule has 0 spiro atoms. The molecule has 1 atom stereocenters. The number of hydrogen-bond donors (Lipinski definition) is 1. The molecule has 1 aromatic heterocycles. The number of unbranched alkanes of at least 4 members (excludes halogenated alkanes) is 1. The van der Waals surface area contributed by atoms with Crippen molar-refractivity contribution in [1.29, 1.82) is 0 Å². The van der Waals surface area contributed by atoms with Gasteiger partial charge in [0.05, 0.1) is 0 Å². The van der Waals surface area contributed by atoms with E-state index in [0.717, 1.165) is 63.1 Å². The standard InChI is InChI=1S/C20H26N2OS.ClH/c1-2-3-6-16(13-22-11-9-21-10-12-22)18(14-23)19-15-24-20-8-5-4-7-17(19)20;/h4-5,7-8,15-16,21H,2-3,6,9-13H2,1H3;1H. The smallest absolute Gasteiger partial charge is 0.128 e. The molecule has 1 unspecified atom stereocenters. The monoisotopic (exact) mass is 378 g/mol. The highest BCUT2D eigenvalue weighted by Crippen LogP contribution is 2.35. The minimum atomic E-state index is 0. The molecule has 1 fully saturated rings. The highest BCUT2D eigenvalue weighted by Gasteiger charge is 2.23. The van der Waals surface area contributed by atoms with Gasteiger partial charge in [-0.2, -0.15) is 0 Å².